The van der Waals surface area contributed by atoms with Gasteiger partial charge in [-0.05, 0) is 37.1 Å². The molecule has 5 rings (SSSR count). The first kappa shape index (κ1) is 19.3. The zero-order valence-corrected chi connectivity index (χ0v) is 16.8. The van der Waals surface area contributed by atoms with Crippen LogP contribution in [-0.2, 0) is 6.61 Å². The van der Waals surface area contributed by atoms with Gasteiger partial charge in [-0.3, -0.25) is 0 Å². The molecule has 1 N–H and O–H groups in total. The first-order valence-corrected chi connectivity index (χ1v) is 9.92. The molecule has 10 heteroatoms. The molecule has 9 nitrogen and oxygen atoms in total. The molecule has 1 aliphatic heterocycles. The van der Waals surface area contributed by atoms with E-state index in [0.717, 1.165) is 31.4 Å². The molecule has 0 aliphatic carbocycles. The molecule has 0 aromatic carbocycles. The second-order valence-electron chi connectivity index (χ2n) is 7.24. The topological polar surface area (TPSA) is 102 Å². The van der Waals surface area contributed by atoms with Gasteiger partial charge in [-0.25, -0.2) is 28.8 Å². The summed E-state index contributed by atoms with van der Waals surface area (Å²) in [5, 5.41) is 14.2. The van der Waals surface area contributed by atoms with E-state index in [9.17, 15) is 9.50 Å². The molecule has 1 atom stereocenters. The summed E-state index contributed by atoms with van der Waals surface area (Å²) in [7, 11) is 1.53. The molecule has 0 unspecified atom stereocenters. The van der Waals surface area contributed by atoms with Crippen LogP contribution in [0, 0.1) is 5.82 Å². The van der Waals surface area contributed by atoms with Crippen LogP contribution in [0.2, 0.25) is 0 Å². The first-order chi connectivity index (χ1) is 15.2. The Morgan fingerprint density at radius 3 is 2.94 bits per heavy atom. The Balaban J connectivity index is 1.56. The Hall–Kier alpha value is -3.66. The molecule has 5 heterocycles. The van der Waals surface area contributed by atoms with Crippen LogP contribution in [-0.4, -0.2) is 48.3 Å². The van der Waals surface area contributed by atoms with Crippen LogP contribution >= 0.6 is 0 Å². The lowest BCUT2D eigenvalue weighted by Gasteiger charge is -2.26. The highest BCUT2D eigenvalue weighted by atomic mass is 19.1. The number of halogens is 1. The molecular weight excluding hydrogens is 401 g/mol. The summed E-state index contributed by atoms with van der Waals surface area (Å²) in [5.74, 6) is 1.16. The van der Waals surface area contributed by atoms with E-state index in [4.69, 9.17) is 9.84 Å². The number of fused-ring (bicyclic) bond motifs is 1. The average Bonchev–Trinajstić information content (AvgIpc) is 3.46. The minimum Gasteiger partial charge on any atom is -0.481 e. The van der Waals surface area contributed by atoms with E-state index in [1.807, 2.05) is 12.1 Å². The standard InChI is InChI=1S/C21H20FN7O2/c1-31-21-15(9-13(22)10-25-21)16-3-2-8-28(16)19-5-4-18-24-11-17(29(18)27-19)20-23-7-6-14(12-30)26-20/h4-7,9-11,16,30H,2-3,8,12H2,1H3/t16-/m1/s1. The van der Waals surface area contributed by atoms with Crippen molar-refractivity contribution in [1.82, 2.24) is 29.5 Å². The number of pyridine rings is 1. The third-order valence-electron chi connectivity index (χ3n) is 5.40. The predicted molar refractivity (Wildman–Crippen MR) is 110 cm³/mol. The van der Waals surface area contributed by atoms with Crippen LogP contribution in [0.4, 0.5) is 10.2 Å². The lowest BCUT2D eigenvalue weighted by atomic mass is 10.1. The van der Waals surface area contributed by atoms with E-state index in [1.54, 1.807) is 23.0 Å². The van der Waals surface area contributed by atoms with Gasteiger partial charge in [-0.2, -0.15) is 0 Å². The van der Waals surface area contributed by atoms with Gasteiger partial charge in [-0.1, -0.05) is 0 Å². The van der Waals surface area contributed by atoms with E-state index in [0.29, 0.717) is 34.3 Å². The summed E-state index contributed by atoms with van der Waals surface area (Å²) in [6.45, 7) is 0.591. The van der Waals surface area contributed by atoms with E-state index in [1.165, 1.54) is 13.2 Å². The summed E-state index contributed by atoms with van der Waals surface area (Å²) in [6.07, 6.45) is 6.17. The lowest BCUT2D eigenvalue weighted by molar-refractivity contribution is 0.277. The van der Waals surface area contributed by atoms with Crippen LogP contribution in [0.1, 0.15) is 30.1 Å². The molecule has 158 valence electrons. The Labute approximate surface area is 177 Å². The predicted octanol–water partition coefficient (Wildman–Crippen LogP) is 2.56. The fraction of sp³-hybridized carbons (Fsp3) is 0.286. The molecule has 1 saturated heterocycles. The van der Waals surface area contributed by atoms with Gasteiger partial charge in [0.1, 0.15) is 17.3 Å². The monoisotopic (exact) mass is 421 g/mol. The maximum absolute atomic E-state index is 13.9. The van der Waals surface area contributed by atoms with Crippen molar-refractivity contribution in [3.8, 4) is 17.4 Å². The number of imidazole rings is 1. The van der Waals surface area contributed by atoms with Crippen molar-refractivity contribution in [1.29, 1.82) is 0 Å². The summed E-state index contributed by atoms with van der Waals surface area (Å²) >= 11 is 0. The highest BCUT2D eigenvalue weighted by Gasteiger charge is 2.31. The Morgan fingerprint density at radius 1 is 1.19 bits per heavy atom. The van der Waals surface area contributed by atoms with E-state index in [2.05, 4.69) is 24.8 Å². The van der Waals surface area contributed by atoms with Crippen LogP contribution in [0.25, 0.3) is 17.2 Å². The van der Waals surface area contributed by atoms with Crippen LogP contribution in [0.3, 0.4) is 0 Å². The maximum Gasteiger partial charge on any atom is 0.218 e. The lowest BCUT2D eigenvalue weighted by Crippen LogP contribution is -2.25. The van der Waals surface area contributed by atoms with Crippen LogP contribution in [0.5, 0.6) is 5.88 Å². The van der Waals surface area contributed by atoms with Gasteiger partial charge < -0.3 is 14.7 Å². The molecule has 0 spiro atoms. The number of ether oxygens (including phenoxy) is 1. The van der Waals surface area contributed by atoms with Crippen molar-refractivity contribution < 1.29 is 14.2 Å². The highest BCUT2D eigenvalue weighted by molar-refractivity contribution is 5.58. The second-order valence-corrected chi connectivity index (χ2v) is 7.24. The smallest absolute Gasteiger partial charge is 0.218 e. The Bertz CT molecular complexity index is 1250. The Kier molecular flexibility index (Phi) is 4.91. The van der Waals surface area contributed by atoms with Crippen molar-refractivity contribution in [3.05, 3.63) is 59.9 Å². The van der Waals surface area contributed by atoms with Crippen molar-refractivity contribution in [2.75, 3.05) is 18.6 Å². The van der Waals surface area contributed by atoms with Gasteiger partial charge in [0.15, 0.2) is 11.5 Å². The van der Waals surface area contributed by atoms with E-state index < -0.39 is 5.82 Å². The minimum atomic E-state index is -0.399. The number of aliphatic hydroxyl groups is 1. The van der Waals surface area contributed by atoms with Gasteiger partial charge in [0, 0.05) is 18.3 Å². The van der Waals surface area contributed by atoms with Gasteiger partial charge >= 0.3 is 0 Å². The molecule has 4 aromatic rings. The second kappa shape index (κ2) is 7.88. The SMILES string of the molecule is COc1ncc(F)cc1[C@H]1CCCN1c1ccc2ncc(-c3nccc(CO)n3)n2n1. The zero-order valence-electron chi connectivity index (χ0n) is 16.8. The highest BCUT2D eigenvalue weighted by Crippen LogP contribution is 2.38. The number of nitrogens with zero attached hydrogens (tertiary/aromatic N) is 7. The molecule has 1 fully saturated rings. The summed E-state index contributed by atoms with van der Waals surface area (Å²) in [5.41, 5.74) is 2.48. The normalized spacial score (nSPS) is 16.2. The summed E-state index contributed by atoms with van der Waals surface area (Å²) in [6, 6.07) is 6.79. The number of anilines is 1. The van der Waals surface area contributed by atoms with Crippen LogP contribution < -0.4 is 9.64 Å². The molecule has 0 radical (unpaired) electrons. The number of aliphatic hydroxyl groups excluding tert-OH is 1. The fourth-order valence-corrected chi connectivity index (χ4v) is 3.99. The molecule has 4 aromatic heterocycles. The van der Waals surface area contributed by atoms with E-state index in [-0.39, 0.29) is 12.6 Å². The number of hydrogen-bond donors (Lipinski definition) is 1. The summed E-state index contributed by atoms with van der Waals surface area (Å²) in [4.78, 5) is 19.3. The number of aromatic nitrogens is 6. The van der Waals surface area contributed by atoms with Crippen LogP contribution in [0.15, 0.2) is 42.9 Å². The molecular formula is C21H20FN7O2. The number of methoxy groups -OCH3 is 1. The van der Waals surface area contributed by atoms with Crippen molar-refractivity contribution in [2.24, 2.45) is 0 Å². The van der Waals surface area contributed by atoms with E-state index >= 15 is 0 Å². The maximum atomic E-state index is 13.9. The number of rotatable bonds is 5. The van der Waals surface area contributed by atoms with Gasteiger partial charge in [-0.15, -0.1) is 5.10 Å². The third kappa shape index (κ3) is 3.44. The van der Waals surface area contributed by atoms with Gasteiger partial charge in [0.25, 0.3) is 0 Å². The van der Waals surface area contributed by atoms with Crippen molar-refractivity contribution in [2.45, 2.75) is 25.5 Å². The van der Waals surface area contributed by atoms with Crippen molar-refractivity contribution in [3.63, 3.8) is 0 Å². The van der Waals surface area contributed by atoms with Gasteiger partial charge in [0.2, 0.25) is 5.88 Å². The molecule has 0 saturated carbocycles. The fourth-order valence-electron chi connectivity index (χ4n) is 3.99. The Morgan fingerprint density at radius 2 is 2.10 bits per heavy atom. The van der Waals surface area contributed by atoms with Gasteiger partial charge in [0.05, 0.1) is 37.8 Å². The minimum absolute atomic E-state index is 0.107. The molecule has 1 aliphatic rings. The van der Waals surface area contributed by atoms with Crippen molar-refractivity contribution >= 4 is 11.5 Å². The molecule has 31 heavy (non-hydrogen) atoms. The number of hydrogen-bond acceptors (Lipinski definition) is 8. The largest absolute Gasteiger partial charge is 0.481 e. The molecule has 0 amide bonds. The molecule has 0 bridgehead atoms. The first-order valence-electron chi connectivity index (χ1n) is 9.92. The summed E-state index contributed by atoms with van der Waals surface area (Å²) < 4.78 is 21.0. The third-order valence-corrected chi connectivity index (χ3v) is 5.40. The average molecular weight is 421 g/mol. The zero-order chi connectivity index (χ0) is 21.4. The quantitative estimate of drug-likeness (QED) is 0.525.